The monoisotopic (exact) mass is 471 g/mol. The van der Waals surface area contributed by atoms with Gasteiger partial charge < -0.3 is 19.8 Å². The first-order valence-corrected chi connectivity index (χ1v) is 11.9. The molecule has 0 atom stereocenters. The molecule has 5 rings (SSSR count). The molecule has 1 saturated heterocycles. The molecule has 8 nitrogen and oxygen atoms in total. The van der Waals surface area contributed by atoms with Gasteiger partial charge in [0.25, 0.3) is 5.56 Å². The smallest absolute Gasteiger partial charge is 0.259 e. The van der Waals surface area contributed by atoms with E-state index < -0.39 is 0 Å². The van der Waals surface area contributed by atoms with Crippen LogP contribution in [0.2, 0.25) is 0 Å². The SMILES string of the molecule is COc1ccc(-c2cc3cc[nH]c(=O)c3c(Nc3ccc(OCCN4CCCC4)c(C)c3)n2)cn1. The van der Waals surface area contributed by atoms with E-state index >= 15 is 0 Å². The molecule has 35 heavy (non-hydrogen) atoms. The number of aromatic amines is 1. The third kappa shape index (κ3) is 5.12. The van der Waals surface area contributed by atoms with Crippen LogP contribution in [0, 0.1) is 6.92 Å². The van der Waals surface area contributed by atoms with Crippen molar-refractivity contribution in [3.8, 4) is 22.9 Å². The first-order chi connectivity index (χ1) is 17.1. The molecule has 0 spiro atoms. The Morgan fingerprint density at radius 1 is 1.11 bits per heavy atom. The maximum Gasteiger partial charge on any atom is 0.259 e. The second-order valence-corrected chi connectivity index (χ2v) is 8.72. The van der Waals surface area contributed by atoms with Gasteiger partial charge in [0.05, 0.1) is 18.2 Å². The zero-order chi connectivity index (χ0) is 24.2. The van der Waals surface area contributed by atoms with Crippen LogP contribution in [-0.2, 0) is 0 Å². The number of fused-ring (bicyclic) bond motifs is 1. The van der Waals surface area contributed by atoms with Crippen LogP contribution in [0.4, 0.5) is 11.5 Å². The van der Waals surface area contributed by atoms with Crippen LogP contribution in [0.1, 0.15) is 18.4 Å². The summed E-state index contributed by atoms with van der Waals surface area (Å²) >= 11 is 0. The number of hydrogen-bond donors (Lipinski definition) is 2. The molecule has 180 valence electrons. The minimum atomic E-state index is -0.199. The second kappa shape index (κ2) is 10.1. The van der Waals surface area contributed by atoms with Crippen molar-refractivity contribution in [2.24, 2.45) is 0 Å². The average molecular weight is 472 g/mol. The van der Waals surface area contributed by atoms with Crippen molar-refractivity contribution in [1.29, 1.82) is 0 Å². The largest absolute Gasteiger partial charge is 0.492 e. The van der Waals surface area contributed by atoms with Crippen molar-refractivity contribution in [3.05, 3.63) is 70.8 Å². The Kier molecular flexibility index (Phi) is 6.63. The topological polar surface area (TPSA) is 92.4 Å². The molecule has 4 heterocycles. The van der Waals surface area contributed by atoms with Gasteiger partial charge >= 0.3 is 0 Å². The van der Waals surface area contributed by atoms with Crippen LogP contribution in [0.25, 0.3) is 22.0 Å². The molecule has 2 N–H and O–H groups in total. The van der Waals surface area contributed by atoms with Crippen molar-refractivity contribution >= 4 is 22.3 Å². The van der Waals surface area contributed by atoms with Crippen LogP contribution in [0.3, 0.4) is 0 Å². The standard InChI is InChI=1S/C27H29N5O3/c1-18-15-21(6-7-23(18)35-14-13-32-11-3-4-12-32)30-26-25-19(9-10-28-27(25)33)16-22(31-26)20-5-8-24(34-2)29-17-20/h5-10,15-17H,3-4,11-14H2,1-2H3,(H,28,33)(H,30,31). The summed E-state index contributed by atoms with van der Waals surface area (Å²) in [7, 11) is 1.58. The Hall–Kier alpha value is -3.91. The van der Waals surface area contributed by atoms with E-state index in [2.05, 4.69) is 20.2 Å². The van der Waals surface area contributed by atoms with Crippen LogP contribution < -0.4 is 20.3 Å². The number of aryl methyl sites for hydroxylation is 1. The third-order valence-electron chi connectivity index (χ3n) is 6.30. The predicted octanol–water partition coefficient (Wildman–Crippen LogP) is 4.52. The Balaban J connectivity index is 1.41. The van der Waals surface area contributed by atoms with E-state index in [-0.39, 0.29) is 5.56 Å². The summed E-state index contributed by atoms with van der Waals surface area (Å²) in [4.78, 5) is 26.9. The van der Waals surface area contributed by atoms with Crippen molar-refractivity contribution in [2.45, 2.75) is 19.8 Å². The molecule has 0 saturated carbocycles. The lowest BCUT2D eigenvalue weighted by molar-refractivity contribution is 0.237. The maximum atomic E-state index is 12.7. The highest BCUT2D eigenvalue weighted by Gasteiger charge is 2.14. The number of nitrogens with zero attached hydrogens (tertiary/aromatic N) is 3. The normalized spacial score (nSPS) is 13.8. The Bertz CT molecular complexity index is 1380. The van der Waals surface area contributed by atoms with Crippen molar-refractivity contribution in [3.63, 3.8) is 0 Å². The Morgan fingerprint density at radius 3 is 2.71 bits per heavy atom. The molecular weight excluding hydrogens is 442 g/mol. The Labute approximate surface area is 203 Å². The molecule has 1 aliphatic heterocycles. The average Bonchev–Trinajstić information content (AvgIpc) is 3.39. The van der Waals surface area contributed by atoms with Crippen LogP contribution in [0.15, 0.2) is 59.7 Å². The van der Waals surface area contributed by atoms with Gasteiger partial charge in [0.2, 0.25) is 5.88 Å². The molecule has 8 heteroatoms. The predicted molar refractivity (Wildman–Crippen MR) is 138 cm³/mol. The molecule has 3 aromatic heterocycles. The van der Waals surface area contributed by atoms with Gasteiger partial charge in [0.1, 0.15) is 18.2 Å². The van der Waals surface area contributed by atoms with Crippen LogP contribution >= 0.6 is 0 Å². The number of benzene rings is 1. The van der Waals surface area contributed by atoms with E-state index in [4.69, 9.17) is 14.5 Å². The summed E-state index contributed by atoms with van der Waals surface area (Å²) in [5.74, 6) is 1.88. The molecule has 0 amide bonds. The summed E-state index contributed by atoms with van der Waals surface area (Å²) in [6.07, 6.45) is 5.91. The molecule has 0 radical (unpaired) electrons. The van der Waals surface area contributed by atoms with E-state index in [1.807, 2.05) is 43.3 Å². The quantitative estimate of drug-likeness (QED) is 0.390. The number of hydrogen-bond acceptors (Lipinski definition) is 7. The highest BCUT2D eigenvalue weighted by Crippen LogP contribution is 2.30. The zero-order valence-electron chi connectivity index (χ0n) is 20.0. The molecule has 0 aliphatic carbocycles. The number of H-pyrrole nitrogens is 1. The first kappa shape index (κ1) is 22.9. The number of methoxy groups -OCH3 is 1. The summed E-state index contributed by atoms with van der Waals surface area (Å²) in [6.45, 7) is 5.97. The summed E-state index contributed by atoms with van der Waals surface area (Å²) in [5.41, 5.74) is 3.19. The first-order valence-electron chi connectivity index (χ1n) is 11.9. The van der Waals surface area contributed by atoms with E-state index in [1.54, 1.807) is 25.6 Å². The van der Waals surface area contributed by atoms with Crippen molar-refractivity contribution in [2.75, 3.05) is 38.7 Å². The van der Waals surface area contributed by atoms with Gasteiger partial charge in [-0.05, 0) is 80.2 Å². The van der Waals surface area contributed by atoms with E-state index in [1.165, 1.54) is 12.8 Å². The summed E-state index contributed by atoms with van der Waals surface area (Å²) in [5, 5.41) is 4.64. The van der Waals surface area contributed by atoms with Crippen molar-refractivity contribution < 1.29 is 9.47 Å². The maximum absolute atomic E-state index is 12.7. The molecule has 0 unspecified atom stereocenters. The highest BCUT2D eigenvalue weighted by atomic mass is 16.5. The second-order valence-electron chi connectivity index (χ2n) is 8.72. The lowest BCUT2D eigenvalue weighted by Crippen LogP contribution is -2.25. The molecule has 4 aromatic rings. The fraction of sp³-hybridized carbons (Fsp3) is 0.296. The molecule has 1 fully saturated rings. The number of ether oxygens (including phenoxy) is 2. The van der Waals surface area contributed by atoms with E-state index in [9.17, 15) is 4.79 Å². The lowest BCUT2D eigenvalue weighted by atomic mass is 10.1. The summed E-state index contributed by atoms with van der Waals surface area (Å²) < 4.78 is 11.2. The molecule has 1 aromatic carbocycles. The van der Waals surface area contributed by atoms with Gasteiger partial charge in [0, 0.05) is 36.3 Å². The summed E-state index contributed by atoms with van der Waals surface area (Å²) in [6, 6.07) is 13.4. The highest BCUT2D eigenvalue weighted by molar-refractivity contribution is 5.95. The van der Waals surface area contributed by atoms with Crippen LogP contribution in [-0.4, -0.2) is 53.2 Å². The zero-order valence-corrected chi connectivity index (χ0v) is 20.0. The number of likely N-dealkylation sites (tertiary alicyclic amines) is 1. The fourth-order valence-electron chi connectivity index (χ4n) is 4.42. The fourth-order valence-corrected chi connectivity index (χ4v) is 4.42. The van der Waals surface area contributed by atoms with Gasteiger partial charge in [-0.2, -0.15) is 0 Å². The van der Waals surface area contributed by atoms with E-state index in [0.29, 0.717) is 29.4 Å². The number of pyridine rings is 3. The lowest BCUT2D eigenvalue weighted by Gasteiger charge is -2.16. The van der Waals surface area contributed by atoms with Gasteiger partial charge in [-0.3, -0.25) is 9.69 Å². The molecular formula is C27H29N5O3. The minimum absolute atomic E-state index is 0.199. The number of aromatic nitrogens is 3. The number of anilines is 2. The van der Waals surface area contributed by atoms with Gasteiger partial charge in [-0.15, -0.1) is 0 Å². The van der Waals surface area contributed by atoms with Gasteiger partial charge in [-0.25, -0.2) is 9.97 Å². The minimum Gasteiger partial charge on any atom is -0.492 e. The van der Waals surface area contributed by atoms with Crippen LogP contribution in [0.5, 0.6) is 11.6 Å². The van der Waals surface area contributed by atoms with Crippen molar-refractivity contribution in [1.82, 2.24) is 19.9 Å². The number of rotatable bonds is 8. The Morgan fingerprint density at radius 2 is 1.97 bits per heavy atom. The van der Waals surface area contributed by atoms with Gasteiger partial charge in [-0.1, -0.05) is 0 Å². The van der Waals surface area contributed by atoms with E-state index in [0.717, 1.165) is 47.6 Å². The van der Waals surface area contributed by atoms with Gasteiger partial charge in [0.15, 0.2) is 0 Å². The molecule has 1 aliphatic rings. The number of nitrogens with one attached hydrogen (secondary N) is 2. The third-order valence-corrected chi connectivity index (χ3v) is 6.30. The molecule has 0 bridgehead atoms.